The van der Waals surface area contributed by atoms with Gasteiger partial charge in [0.2, 0.25) is 5.91 Å². The van der Waals surface area contributed by atoms with Gasteiger partial charge in [0.25, 0.3) is 0 Å². The van der Waals surface area contributed by atoms with E-state index in [-0.39, 0.29) is 18.5 Å². The highest BCUT2D eigenvalue weighted by Crippen LogP contribution is 2.21. The van der Waals surface area contributed by atoms with Crippen molar-refractivity contribution in [1.82, 2.24) is 5.32 Å². The number of esters is 1. The van der Waals surface area contributed by atoms with Crippen LogP contribution in [0.25, 0.3) is 0 Å². The molecule has 0 fully saturated rings. The zero-order valence-corrected chi connectivity index (χ0v) is 65.4. The fourth-order valence-corrected chi connectivity index (χ4v) is 14.2. The quantitative estimate of drug-likeness (QED) is 0.0320. The number of nitrogens with one attached hydrogen (secondary N) is 1. The summed E-state index contributed by atoms with van der Waals surface area (Å²) in [7, 11) is 0. The number of aliphatic hydroxyl groups is 2. The van der Waals surface area contributed by atoms with Crippen molar-refractivity contribution < 1.29 is 24.5 Å². The maximum atomic E-state index is 12.6. The van der Waals surface area contributed by atoms with E-state index in [1.807, 2.05) is 6.08 Å². The van der Waals surface area contributed by atoms with E-state index in [2.05, 4.69) is 43.5 Å². The van der Waals surface area contributed by atoms with Gasteiger partial charge in [-0.05, 0) is 64.2 Å². The van der Waals surface area contributed by atoms with Crippen LogP contribution < -0.4 is 5.32 Å². The van der Waals surface area contributed by atoms with Crippen LogP contribution in [0.3, 0.4) is 0 Å². The predicted octanol–water partition coefficient (Wildman–Crippen LogP) is 29.7. The molecular weight excluding hydrogens is 1170 g/mol. The lowest BCUT2D eigenvalue weighted by atomic mass is 10.0. The second kappa shape index (κ2) is 85.5. The number of unbranched alkanes of at least 4 members (excludes halogenated alkanes) is 69. The van der Waals surface area contributed by atoms with Gasteiger partial charge in [-0.1, -0.05) is 461 Å². The molecule has 0 aliphatic carbocycles. The fraction of sp³-hybridized carbons (Fsp3) is 0.911. The first kappa shape index (κ1) is 94.1. The van der Waals surface area contributed by atoms with Crippen LogP contribution in [0.1, 0.15) is 502 Å². The minimum absolute atomic E-state index is 0.0225. The monoisotopic (exact) mass is 1350 g/mol. The van der Waals surface area contributed by atoms with Gasteiger partial charge in [-0.25, -0.2) is 0 Å². The van der Waals surface area contributed by atoms with Crippen molar-refractivity contribution >= 4 is 11.9 Å². The predicted molar refractivity (Wildman–Crippen MR) is 426 cm³/mol. The molecule has 0 rings (SSSR count). The lowest BCUT2D eigenvalue weighted by Gasteiger charge is -2.20. The summed E-state index contributed by atoms with van der Waals surface area (Å²) < 4.78 is 5.52. The fourth-order valence-electron chi connectivity index (χ4n) is 14.2. The van der Waals surface area contributed by atoms with Crippen molar-refractivity contribution in [3.8, 4) is 0 Å². The van der Waals surface area contributed by atoms with Gasteiger partial charge in [0, 0.05) is 12.8 Å². The Balaban J connectivity index is 3.38. The van der Waals surface area contributed by atoms with E-state index >= 15 is 0 Å². The molecule has 2 atom stereocenters. The highest BCUT2D eigenvalue weighted by molar-refractivity contribution is 5.76. The summed E-state index contributed by atoms with van der Waals surface area (Å²) in [4.78, 5) is 24.7. The Bertz CT molecular complexity index is 1560. The van der Waals surface area contributed by atoms with Crippen molar-refractivity contribution in [2.45, 2.75) is 514 Å². The molecule has 0 aliphatic rings. The highest BCUT2D eigenvalue weighted by atomic mass is 16.5. The summed E-state index contributed by atoms with van der Waals surface area (Å²) in [6, 6.07) is -0.628. The van der Waals surface area contributed by atoms with Crippen LogP contribution in [-0.4, -0.2) is 47.4 Å². The topological polar surface area (TPSA) is 95.9 Å². The zero-order chi connectivity index (χ0) is 69.1. The molecule has 1 amide bonds. The Morgan fingerprint density at radius 1 is 0.292 bits per heavy atom. The first-order valence-corrected chi connectivity index (χ1v) is 44.3. The highest BCUT2D eigenvalue weighted by Gasteiger charge is 2.18. The maximum absolute atomic E-state index is 12.6. The van der Waals surface area contributed by atoms with Gasteiger partial charge in [-0.2, -0.15) is 0 Å². The number of hydrogen-bond donors (Lipinski definition) is 3. The molecule has 0 heterocycles. The van der Waals surface area contributed by atoms with Crippen molar-refractivity contribution in [1.29, 1.82) is 0 Å². The summed E-state index contributed by atoms with van der Waals surface area (Å²) >= 11 is 0. The molecule has 3 N–H and O–H groups in total. The first-order chi connectivity index (χ1) is 47.5. The molecule has 0 spiro atoms. The Kier molecular flexibility index (Phi) is 83.8. The van der Waals surface area contributed by atoms with Crippen molar-refractivity contribution in [2.75, 3.05) is 13.2 Å². The third kappa shape index (κ3) is 81.0. The molecule has 6 nitrogen and oxygen atoms in total. The molecule has 0 saturated carbocycles. The number of hydrogen-bond acceptors (Lipinski definition) is 5. The summed E-state index contributed by atoms with van der Waals surface area (Å²) in [5.74, 6) is -0.0375. The molecule has 0 aromatic rings. The summed E-state index contributed by atoms with van der Waals surface area (Å²) in [5.41, 5.74) is 0. The average molecular weight is 1350 g/mol. The van der Waals surface area contributed by atoms with E-state index in [9.17, 15) is 19.8 Å². The summed E-state index contributed by atoms with van der Waals surface area (Å²) in [5, 5.41) is 23.3. The Morgan fingerprint density at radius 2 is 0.521 bits per heavy atom. The molecule has 0 radical (unpaired) electrons. The number of carbonyl (C=O) groups is 2. The second-order valence-electron chi connectivity index (χ2n) is 30.6. The van der Waals surface area contributed by atoms with E-state index in [1.54, 1.807) is 6.08 Å². The van der Waals surface area contributed by atoms with E-state index in [0.29, 0.717) is 19.4 Å². The van der Waals surface area contributed by atoms with Gasteiger partial charge in [0.1, 0.15) is 0 Å². The third-order valence-corrected chi connectivity index (χ3v) is 20.9. The van der Waals surface area contributed by atoms with Crippen LogP contribution in [0, 0.1) is 0 Å². The average Bonchev–Trinajstić information content (AvgIpc) is 2.98. The standard InChI is InChI=1S/C90H173NO5/c1-3-5-7-9-11-13-15-17-19-21-23-24-25-37-40-43-47-50-54-58-62-66-70-74-78-82-88(93)87(86-92)91-89(94)83-79-75-71-67-63-59-55-51-48-44-41-38-35-33-31-29-27-26-28-30-32-34-36-39-42-45-49-53-57-61-65-69-73-77-81-85-96-90(95)84-80-76-72-68-64-60-56-52-46-22-20-18-16-14-12-10-8-6-4-2/h28,30,34,36,78,82,87-88,92-93H,3-27,29,31-33,35,37-77,79-81,83-86H2,1-2H3,(H,91,94)/b30-28-,36-34-,82-78+. The number of ether oxygens (including phenoxy) is 1. The normalized spacial score (nSPS) is 12.6. The van der Waals surface area contributed by atoms with Gasteiger partial charge < -0.3 is 20.3 Å². The number of carbonyl (C=O) groups excluding carboxylic acids is 2. The molecule has 0 aromatic carbocycles. The van der Waals surface area contributed by atoms with E-state index < -0.39 is 12.1 Å². The van der Waals surface area contributed by atoms with Gasteiger partial charge >= 0.3 is 5.97 Å². The Morgan fingerprint density at radius 3 is 0.792 bits per heavy atom. The maximum Gasteiger partial charge on any atom is 0.305 e. The molecule has 0 aromatic heterocycles. The number of amides is 1. The van der Waals surface area contributed by atoms with Crippen LogP contribution in [0.4, 0.5) is 0 Å². The van der Waals surface area contributed by atoms with Crippen molar-refractivity contribution in [3.63, 3.8) is 0 Å². The van der Waals surface area contributed by atoms with Crippen molar-refractivity contribution in [2.24, 2.45) is 0 Å². The number of allylic oxidation sites excluding steroid dienone is 5. The minimum atomic E-state index is -0.845. The Labute approximate surface area is 602 Å². The molecular formula is C90H173NO5. The molecule has 0 bridgehead atoms. The van der Waals surface area contributed by atoms with Crippen LogP contribution in [0.15, 0.2) is 36.5 Å². The summed E-state index contributed by atoms with van der Waals surface area (Å²) in [6.45, 7) is 4.97. The van der Waals surface area contributed by atoms with Crippen LogP contribution in [-0.2, 0) is 14.3 Å². The minimum Gasteiger partial charge on any atom is -0.466 e. The number of rotatable bonds is 84. The SMILES string of the molecule is CCCCCCCCCCCCCCCCCCCCCCCCC/C=C/C(O)C(CO)NC(=O)CCCCCCCCCCCCCCCCCCC/C=C\C/C=C\CCCCCCCCCCCCCOC(=O)CCCCCCCCCCCCCCCCCCCCC. The zero-order valence-electron chi connectivity index (χ0n) is 65.4. The van der Waals surface area contributed by atoms with E-state index in [4.69, 9.17) is 4.74 Å². The molecule has 0 saturated heterocycles. The van der Waals surface area contributed by atoms with Gasteiger partial charge in [0.05, 0.1) is 25.4 Å². The second-order valence-corrected chi connectivity index (χ2v) is 30.6. The van der Waals surface area contributed by atoms with E-state index in [1.165, 1.54) is 430 Å². The first-order valence-electron chi connectivity index (χ1n) is 44.3. The lowest BCUT2D eigenvalue weighted by molar-refractivity contribution is -0.143. The molecule has 2 unspecified atom stereocenters. The van der Waals surface area contributed by atoms with Crippen molar-refractivity contribution in [3.05, 3.63) is 36.5 Å². The molecule has 96 heavy (non-hydrogen) atoms. The lowest BCUT2D eigenvalue weighted by Crippen LogP contribution is -2.45. The van der Waals surface area contributed by atoms with Gasteiger partial charge in [-0.3, -0.25) is 9.59 Å². The molecule has 0 aliphatic heterocycles. The summed E-state index contributed by atoms with van der Waals surface area (Å²) in [6.07, 6.45) is 113. The van der Waals surface area contributed by atoms with Gasteiger partial charge in [-0.15, -0.1) is 0 Å². The van der Waals surface area contributed by atoms with Crippen LogP contribution in [0.5, 0.6) is 0 Å². The van der Waals surface area contributed by atoms with Crippen LogP contribution >= 0.6 is 0 Å². The number of aliphatic hydroxyl groups excluding tert-OH is 2. The van der Waals surface area contributed by atoms with Gasteiger partial charge in [0.15, 0.2) is 0 Å². The smallest absolute Gasteiger partial charge is 0.305 e. The van der Waals surface area contributed by atoms with Crippen LogP contribution in [0.2, 0.25) is 0 Å². The largest absolute Gasteiger partial charge is 0.466 e. The Hall–Kier alpha value is -1.92. The third-order valence-electron chi connectivity index (χ3n) is 20.9. The molecule has 6 heteroatoms. The van der Waals surface area contributed by atoms with E-state index in [0.717, 1.165) is 44.9 Å². The molecule has 568 valence electrons.